The molecule has 0 unspecified atom stereocenters. The number of halogens is 4. The second-order valence-corrected chi connectivity index (χ2v) is 6.86. The molecule has 0 saturated carbocycles. The Morgan fingerprint density at radius 2 is 1.55 bits per heavy atom. The van der Waals surface area contributed by atoms with Crippen molar-refractivity contribution in [3.8, 4) is 0 Å². The second-order valence-electron chi connectivity index (χ2n) is 4.22. The number of carbonyl (C=O) groups is 1. The summed E-state index contributed by atoms with van der Waals surface area (Å²) in [4.78, 5) is 12.2. The van der Waals surface area contributed by atoms with Crippen molar-refractivity contribution in [3.63, 3.8) is 0 Å². The van der Waals surface area contributed by atoms with Gasteiger partial charge in [-0.25, -0.2) is 0 Å². The van der Waals surface area contributed by atoms with Crippen LogP contribution >= 0.6 is 55.1 Å². The SMILES string of the molecule is Cc1cc(Br)cc(C(=O)Nc2c(Cl)cc(Br)cc2Cl)c1. The van der Waals surface area contributed by atoms with Crippen molar-refractivity contribution in [2.24, 2.45) is 0 Å². The van der Waals surface area contributed by atoms with E-state index in [9.17, 15) is 4.79 Å². The largest absolute Gasteiger partial charge is 0.319 e. The zero-order chi connectivity index (χ0) is 14.9. The molecule has 1 N–H and O–H groups in total. The first-order valence-electron chi connectivity index (χ1n) is 5.60. The lowest BCUT2D eigenvalue weighted by molar-refractivity contribution is 0.102. The van der Waals surface area contributed by atoms with Gasteiger partial charge in [-0.15, -0.1) is 0 Å². The van der Waals surface area contributed by atoms with Crippen LogP contribution in [-0.4, -0.2) is 5.91 Å². The fraction of sp³-hybridized carbons (Fsp3) is 0.0714. The highest BCUT2D eigenvalue weighted by atomic mass is 79.9. The van der Waals surface area contributed by atoms with Gasteiger partial charge in [-0.05, 0) is 42.8 Å². The van der Waals surface area contributed by atoms with E-state index in [2.05, 4.69) is 37.2 Å². The van der Waals surface area contributed by atoms with E-state index in [-0.39, 0.29) is 5.91 Å². The van der Waals surface area contributed by atoms with Crippen LogP contribution in [0.15, 0.2) is 39.3 Å². The van der Waals surface area contributed by atoms with Crippen molar-refractivity contribution in [2.75, 3.05) is 5.32 Å². The number of anilines is 1. The van der Waals surface area contributed by atoms with Crippen LogP contribution in [0.2, 0.25) is 10.0 Å². The molecule has 2 aromatic rings. The standard InChI is InChI=1S/C14H9Br2Cl2NO/c1-7-2-8(4-9(15)3-7)14(20)19-13-11(17)5-10(16)6-12(13)18/h2-6H,1H3,(H,19,20). The van der Waals surface area contributed by atoms with Gasteiger partial charge in [0.05, 0.1) is 15.7 Å². The molecule has 0 aliphatic rings. The molecule has 0 aromatic heterocycles. The van der Waals surface area contributed by atoms with E-state index < -0.39 is 0 Å². The number of hydrogen-bond acceptors (Lipinski definition) is 1. The number of hydrogen-bond donors (Lipinski definition) is 1. The van der Waals surface area contributed by atoms with Gasteiger partial charge in [0.25, 0.3) is 5.91 Å². The topological polar surface area (TPSA) is 29.1 Å². The molecule has 0 aliphatic carbocycles. The van der Waals surface area contributed by atoms with E-state index in [4.69, 9.17) is 23.2 Å². The van der Waals surface area contributed by atoms with Crippen molar-refractivity contribution in [3.05, 3.63) is 60.4 Å². The number of benzene rings is 2. The monoisotopic (exact) mass is 435 g/mol. The number of carbonyl (C=O) groups excluding carboxylic acids is 1. The van der Waals surface area contributed by atoms with Crippen LogP contribution in [0.4, 0.5) is 5.69 Å². The minimum absolute atomic E-state index is 0.263. The van der Waals surface area contributed by atoms with E-state index in [1.54, 1.807) is 24.3 Å². The Bertz CT molecular complexity index is 646. The molecule has 2 nitrogen and oxygen atoms in total. The van der Waals surface area contributed by atoms with Gasteiger partial charge in [0.15, 0.2) is 0 Å². The predicted octanol–water partition coefficient (Wildman–Crippen LogP) is 6.08. The van der Waals surface area contributed by atoms with E-state index >= 15 is 0 Å². The summed E-state index contributed by atoms with van der Waals surface area (Å²) in [5.41, 5.74) is 1.92. The zero-order valence-corrected chi connectivity index (χ0v) is 15.0. The third kappa shape index (κ3) is 3.76. The molecule has 0 radical (unpaired) electrons. The van der Waals surface area contributed by atoms with E-state index in [1.807, 2.05) is 13.0 Å². The van der Waals surface area contributed by atoms with Gasteiger partial charge in [-0.1, -0.05) is 55.1 Å². The molecule has 0 bridgehead atoms. The summed E-state index contributed by atoms with van der Waals surface area (Å²) in [6, 6.07) is 8.81. The Morgan fingerprint density at radius 1 is 1.00 bits per heavy atom. The van der Waals surface area contributed by atoms with Gasteiger partial charge < -0.3 is 5.32 Å². The van der Waals surface area contributed by atoms with Gasteiger partial charge in [0, 0.05) is 14.5 Å². The Hall–Kier alpha value is -0.550. The van der Waals surface area contributed by atoms with Crippen molar-refractivity contribution in [1.29, 1.82) is 0 Å². The molecule has 6 heteroatoms. The Morgan fingerprint density at radius 3 is 2.10 bits per heavy atom. The molecule has 0 heterocycles. The quantitative estimate of drug-likeness (QED) is 0.606. The lowest BCUT2D eigenvalue weighted by Crippen LogP contribution is -2.13. The van der Waals surface area contributed by atoms with Crippen LogP contribution in [0.1, 0.15) is 15.9 Å². The molecular formula is C14H9Br2Cl2NO. The predicted molar refractivity (Wildman–Crippen MR) is 91.0 cm³/mol. The molecule has 2 rings (SSSR count). The van der Waals surface area contributed by atoms with Crippen LogP contribution in [0.25, 0.3) is 0 Å². The molecule has 0 atom stereocenters. The summed E-state index contributed by atoms with van der Waals surface area (Å²) in [7, 11) is 0. The number of aryl methyl sites for hydroxylation is 1. The van der Waals surface area contributed by atoms with E-state index in [1.165, 1.54) is 0 Å². The molecule has 104 valence electrons. The van der Waals surface area contributed by atoms with Crippen molar-refractivity contribution >= 4 is 66.7 Å². The molecule has 0 fully saturated rings. The molecule has 0 saturated heterocycles. The average Bonchev–Trinajstić information content (AvgIpc) is 2.32. The van der Waals surface area contributed by atoms with Gasteiger partial charge in [-0.3, -0.25) is 4.79 Å². The highest BCUT2D eigenvalue weighted by Gasteiger charge is 2.13. The van der Waals surface area contributed by atoms with Crippen LogP contribution in [-0.2, 0) is 0 Å². The first-order valence-corrected chi connectivity index (χ1v) is 7.94. The summed E-state index contributed by atoms with van der Waals surface area (Å²) in [6.07, 6.45) is 0. The summed E-state index contributed by atoms with van der Waals surface area (Å²) >= 11 is 18.8. The third-order valence-corrected chi connectivity index (χ3v) is 4.06. The van der Waals surface area contributed by atoms with E-state index in [0.29, 0.717) is 21.3 Å². The summed E-state index contributed by atoms with van der Waals surface area (Å²) in [5, 5.41) is 3.49. The lowest BCUT2D eigenvalue weighted by atomic mass is 10.1. The number of nitrogens with one attached hydrogen (secondary N) is 1. The first kappa shape index (κ1) is 15.8. The van der Waals surface area contributed by atoms with Crippen molar-refractivity contribution < 1.29 is 4.79 Å². The Balaban J connectivity index is 2.32. The maximum Gasteiger partial charge on any atom is 0.255 e. The van der Waals surface area contributed by atoms with Crippen LogP contribution in [0.3, 0.4) is 0 Å². The second kappa shape index (κ2) is 6.48. The minimum Gasteiger partial charge on any atom is -0.319 e. The number of rotatable bonds is 2. The molecular weight excluding hydrogens is 429 g/mol. The van der Waals surface area contributed by atoms with Crippen LogP contribution in [0, 0.1) is 6.92 Å². The van der Waals surface area contributed by atoms with Crippen molar-refractivity contribution in [1.82, 2.24) is 0 Å². The molecule has 0 aliphatic heterocycles. The molecule has 0 spiro atoms. The lowest BCUT2D eigenvalue weighted by Gasteiger charge is -2.10. The maximum absolute atomic E-state index is 12.2. The van der Waals surface area contributed by atoms with Gasteiger partial charge in [0.1, 0.15) is 0 Å². The molecule has 20 heavy (non-hydrogen) atoms. The average molecular weight is 438 g/mol. The first-order chi connectivity index (χ1) is 9.36. The third-order valence-electron chi connectivity index (χ3n) is 2.55. The van der Waals surface area contributed by atoms with Gasteiger partial charge in [-0.2, -0.15) is 0 Å². The summed E-state index contributed by atoms with van der Waals surface area (Å²) in [6.45, 7) is 1.92. The van der Waals surface area contributed by atoms with Crippen LogP contribution < -0.4 is 5.32 Å². The fourth-order valence-corrected chi connectivity index (χ4v) is 3.63. The Kier molecular flexibility index (Phi) is 5.13. The Labute approximate surface area is 143 Å². The highest BCUT2D eigenvalue weighted by Crippen LogP contribution is 2.34. The summed E-state index contributed by atoms with van der Waals surface area (Å²) < 4.78 is 1.60. The molecule has 2 aromatic carbocycles. The van der Waals surface area contributed by atoms with Gasteiger partial charge >= 0.3 is 0 Å². The fourth-order valence-electron chi connectivity index (χ4n) is 1.71. The zero-order valence-electron chi connectivity index (χ0n) is 10.3. The van der Waals surface area contributed by atoms with Crippen LogP contribution in [0.5, 0.6) is 0 Å². The molecule has 1 amide bonds. The normalized spacial score (nSPS) is 10.4. The van der Waals surface area contributed by atoms with Crippen molar-refractivity contribution in [2.45, 2.75) is 6.92 Å². The van der Waals surface area contributed by atoms with E-state index in [0.717, 1.165) is 14.5 Å². The highest BCUT2D eigenvalue weighted by molar-refractivity contribution is 9.10. The summed E-state index contributed by atoms with van der Waals surface area (Å²) in [5.74, 6) is -0.263. The maximum atomic E-state index is 12.2. The minimum atomic E-state index is -0.263. The van der Waals surface area contributed by atoms with Gasteiger partial charge in [0.2, 0.25) is 0 Å². The number of amides is 1. The smallest absolute Gasteiger partial charge is 0.255 e.